The number of carboxylic acid groups (broad SMARTS) is 1. The monoisotopic (exact) mass is 314 g/mol. The molecule has 0 saturated carbocycles. The van der Waals surface area contributed by atoms with Crippen molar-refractivity contribution in [2.75, 3.05) is 7.11 Å². The number of aromatic nitrogens is 2. The number of ether oxygens (including phenoxy) is 1. The molecule has 0 radical (unpaired) electrons. The van der Waals surface area contributed by atoms with Gasteiger partial charge in [-0.15, -0.1) is 0 Å². The van der Waals surface area contributed by atoms with Crippen molar-refractivity contribution in [3.05, 3.63) is 45.9 Å². The van der Waals surface area contributed by atoms with Gasteiger partial charge in [0.2, 0.25) is 0 Å². The molecule has 1 atom stereocenters. The summed E-state index contributed by atoms with van der Waals surface area (Å²) in [6.45, 7) is 0.223. The van der Waals surface area contributed by atoms with Gasteiger partial charge in [-0.1, -0.05) is 6.07 Å². The second kappa shape index (κ2) is 5.68. The number of methoxy groups -OCH3 is 1. The Kier molecular flexibility index (Phi) is 3.69. The normalized spacial score (nSPS) is 15.4. The van der Waals surface area contributed by atoms with Crippen molar-refractivity contribution in [1.29, 1.82) is 0 Å². The average molecular weight is 314 g/mol. The SMILES string of the molecule is COc1ccc2c(c1)-c1ncc(C(=O)O)c(=O)n1CC2CC=O. The van der Waals surface area contributed by atoms with E-state index in [1.54, 1.807) is 12.1 Å². The number of carbonyl (C=O) groups excluding carboxylic acids is 1. The van der Waals surface area contributed by atoms with E-state index in [-0.39, 0.29) is 24.4 Å². The molecule has 0 saturated heterocycles. The van der Waals surface area contributed by atoms with Crippen LogP contribution in [0, 0.1) is 0 Å². The Morgan fingerprint density at radius 3 is 2.96 bits per heavy atom. The Bertz CT molecular complexity index is 856. The molecule has 0 bridgehead atoms. The molecule has 1 aromatic carbocycles. The summed E-state index contributed by atoms with van der Waals surface area (Å²) in [5.74, 6) is -0.541. The fraction of sp³-hybridized carbons (Fsp3) is 0.250. The zero-order valence-electron chi connectivity index (χ0n) is 12.4. The van der Waals surface area contributed by atoms with Crippen LogP contribution in [0.1, 0.15) is 28.3 Å². The molecule has 1 N–H and O–H groups in total. The molecule has 1 aliphatic heterocycles. The van der Waals surface area contributed by atoms with E-state index in [4.69, 9.17) is 9.84 Å². The maximum absolute atomic E-state index is 12.4. The summed E-state index contributed by atoms with van der Waals surface area (Å²) < 4.78 is 6.52. The van der Waals surface area contributed by atoms with E-state index in [9.17, 15) is 14.4 Å². The first kappa shape index (κ1) is 15.0. The predicted molar refractivity (Wildman–Crippen MR) is 80.9 cm³/mol. The molecule has 1 aliphatic rings. The lowest BCUT2D eigenvalue weighted by Crippen LogP contribution is -2.33. The number of hydrogen-bond acceptors (Lipinski definition) is 5. The van der Waals surface area contributed by atoms with Crippen LogP contribution in [0.5, 0.6) is 5.75 Å². The molecule has 7 nitrogen and oxygen atoms in total. The van der Waals surface area contributed by atoms with E-state index in [2.05, 4.69) is 4.98 Å². The molecular weight excluding hydrogens is 300 g/mol. The fourth-order valence-electron chi connectivity index (χ4n) is 2.87. The van der Waals surface area contributed by atoms with Gasteiger partial charge >= 0.3 is 5.97 Å². The number of fused-ring (bicyclic) bond motifs is 3. The van der Waals surface area contributed by atoms with E-state index in [1.807, 2.05) is 6.07 Å². The number of aromatic carboxylic acids is 1. The smallest absolute Gasteiger partial charge is 0.342 e. The minimum absolute atomic E-state index is 0.204. The van der Waals surface area contributed by atoms with Crippen molar-refractivity contribution in [3.8, 4) is 17.1 Å². The van der Waals surface area contributed by atoms with E-state index in [0.29, 0.717) is 17.1 Å². The lowest BCUT2D eigenvalue weighted by molar-refractivity contribution is -0.108. The third-order valence-electron chi connectivity index (χ3n) is 4.00. The highest BCUT2D eigenvalue weighted by Gasteiger charge is 2.28. The Labute approximate surface area is 131 Å². The second-order valence-corrected chi connectivity index (χ2v) is 5.27. The van der Waals surface area contributed by atoms with Gasteiger partial charge in [-0.2, -0.15) is 0 Å². The molecule has 0 fully saturated rings. The van der Waals surface area contributed by atoms with E-state index < -0.39 is 11.5 Å². The zero-order valence-corrected chi connectivity index (χ0v) is 12.4. The fourth-order valence-corrected chi connectivity index (χ4v) is 2.87. The van der Waals surface area contributed by atoms with Crippen LogP contribution in [0.3, 0.4) is 0 Å². The molecule has 0 amide bonds. The highest BCUT2D eigenvalue weighted by atomic mass is 16.5. The molecule has 2 heterocycles. The minimum atomic E-state index is -1.32. The molecule has 1 aromatic heterocycles. The van der Waals surface area contributed by atoms with Crippen LogP contribution in [-0.2, 0) is 11.3 Å². The summed E-state index contributed by atoms with van der Waals surface area (Å²) in [6, 6.07) is 5.38. The number of benzene rings is 1. The molecular formula is C16H14N2O5. The van der Waals surface area contributed by atoms with Crippen molar-refractivity contribution in [2.45, 2.75) is 18.9 Å². The summed E-state index contributed by atoms with van der Waals surface area (Å²) in [7, 11) is 1.53. The summed E-state index contributed by atoms with van der Waals surface area (Å²) in [5.41, 5.74) is 0.571. The number of aldehydes is 1. The maximum atomic E-state index is 12.4. The summed E-state index contributed by atoms with van der Waals surface area (Å²) in [5, 5.41) is 9.08. The molecule has 23 heavy (non-hydrogen) atoms. The van der Waals surface area contributed by atoms with Crippen molar-refractivity contribution in [1.82, 2.24) is 9.55 Å². The van der Waals surface area contributed by atoms with Gasteiger partial charge in [0.25, 0.3) is 5.56 Å². The first-order chi connectivity index (χ1) is 11.1. The van der Waals surface area contributed by atoms with Gasteiger partial charge in [-0.05, 0) is 17.7 Å². The predicted octanol–water partition coefficient (Wildman–Crippen LogP) is 1.30. The molecule has 118 valence electrons. The summed E-state index contributed by atoms with van der Waals surface area (Å²) >= 11 is 0. The first-order valence-corrected chi connectivity index (χ1v) is 7.02. The van der Waals surface area contributed by atoms with Crippen LogP contribution in [0.2, 0.25) is 0 Å². The first-order valence-electron chi connectivity index (χ1n) is 7.02. The van der Waals surface area contributed by atoms with Crippen LogP contribution in [-0.4, -0.2) is 34.0 Å². The topological polar surface area (TPSA) is 98.5 Å². The number of carboxylic acids is 1. The van der Waals surface area contributed by atoms with Crippen molar-refractivity contribution in [3.63, 3.8) is 0 Å². The zero-order chi connectivity index (χ0) is 16.6. The van der Waals surface area contributed by atoms with Gasteiger partial charge in [0.05, 0.1) is 7.11 Å². The minimum Gasteiger partial charge on any atom is -0.497 e. The van der Waals surface area contributed by atoms with Crippen LogP contribution < -0.4 is 10.3 Å². The lowest BCUT2D eigenvalue weighted by atomic mass is 9.88. The number of hydrogen-bond donors (Lipinski definition) is 1. The van der Waals surface area contributed by atoms with Crippen LogP contribution >= 0.6 is 0 Å². The van der Waals surface area contributed by atoms with Crippen molar-refractivity contribution < 1.29 is 19.4 Å². The van der Waals surface area contributed by atoms with Crippen molar-refractivity contribution >= 4 is 12.3 Å². The van der Waals surface area contributed by atoms with Gasteiger partial charge in [0.1, 0.15) is 23.4 Å². The Hall–Kier alpha value is -2.96. The lowest BCUT2D eigenvalue weighted by Gasteiger charge is -2.27. The molecule has 7 heteroatoms. The van der Waals surface area contributed by atoms with Crippen molar-refractivity contribution in [2.24, 2.45) is 0 Å². The second-order valence-electron chi connectivity index (χ2n) is 5.27. The molecule has 2 aromatic rings. The van der Waals surface area contributed by atoms with Gasteiger partial charge in [0.15, 0.2) is 0 Å². The third kappa shape index (κ3) is 2.40. The van der Waals surface area contributed by atoms with Crippen LogP contribution in [0.25, 0.3) is 11.4 Å². The maximum Gasteiger partial charge on any atom is 0.342 e. The van der Waals surface area contributed by atoms with E-state index >= 15 is 0 Å². The Balaban J connectivity index is 2.27. The standard InChI is InChI=1S/C16H14N2O5/c1-23-10-2-3-11-9(4-5-19)8-18-14(12(11)6-10)17-7-13(15(18)20)16(21)22/h2-3,5-7,9H,4,8H2,1H3,(H,21,22). The quantitative estimate of drug-likeness (QED) is 0.854. The van der Waals surface area contributed by atoms with E-state index in [1.165, 1.54) is 11.7 Å². The number of carbonyl (C=O) groups is 2. The van der Waals surface area contributed by atoms with Gasteiger partial charge in [0, 0.05) is 30.6 Å². The molecule has 0 spiro atoms. The molecule has 3 rings (SSSR count). The highest BCUT2D eigenvalue weighted by Crippen LogP contribution is 2.37. The number of nitrogens with zero attached hydrogens (tertiary/aromatic N) is 2. The Morgan fingerprint density at radius 1 is 1.52 bits per heavy atom. The Morgan fingerprint density at radius 2 is 2.30 bits per heavy atom. The number of rotatable bonds is 4. The summed E-state index contributed by atoms with van der Waals surface area (Å²) in [4.78, 5) is 38.6. The molecule has 1 unspecified atom stereocenters. The van der Waals surface area contributed by atoms with Gasteiger partial charge in [-0.25, -0.2) is 9.78 Å². The third-order valence-corrected chi connectivity index (χ3v) is 4.00. The molecule has 0 aliphatic carbocycles. The largest absolute Gasteiger partial charge is 0.497 e. The van der Waals surface area contributed by atoms with Crippen LogP contribution in [0.15, 0.2) is 29.2 Å². The van der Waals surface area contributed by atoms with Gasteiger partial charge in [-0.3, -0.25) is 9.36 Å². The highest BCUT2D eigenvalue weighted by molar-refractivity contribution is 5.87. The van der Waals surface area contributed by atoms with Crippen LogP contribution in [0.4, 0.5) is 0 Å². The summed E-state index contributed by atoms with van der Waals surface area (Å²) in [6.07, 6.45) is 2.10. The van der Waals surface area contributed by atoms with Gasteiger partial charge < -0.3 is 14.6 Å². The average Bonchev–Trinajstić information content (AvgIpc) is 2.55. The van der Waals surface area contributed by atoms with E-state index in [0.717, 1.165) is 18.0 Å².